The van der Waals surface area contributed by atoms with E-state index in [1.807, 2.05) is 42.1 Å². The Bertz CT molecular complexity index is 879. The highest BCUT2D eigenvalue weighted by Crippen LogP contribution is 2.23. The van der Waals surface area contributed by atoms with E-state index in [0.29, 0.717) is 62.8 Å². The largest absolute Gasteiger partial charge is 0.388 e. The minimum absolute atomic E-state index is 0.0680. The maximum atomic E-state index is 12.6. The third kappa shape index (κ3) is 4.97. The van der Waals surface area contributed by atoms with Crippen molar-refractivity contribution >= 4 is 16.8 Å². The number of fused-ring (bicyclic) bond motifs is 1. The van der Waals surface area contributed by atoms with E-state index in [1.165, 1.54) is 0 Å². The molecule has 1 aliphatic heterocycles. The first-order valence-electron chi connectivity index (χ1n) is 9.97. The summed E-state index contributed by atoms with van der Waals surface area (Å²) in [5.41, 5.74) is -0.0982. The molecule has 1 fully saturated rings. The Labute approximate surface area is 165 Å². The second-order valence-electron chi connectivity index (χ2n) is 8.06. The van der Waals surface area contributed by atoms with Crippen molar-refractivity contribution in [2.24, 2.45) is 0 Å². The van der Waals surface area contributed by atoms with Crippen molar-refractivity contribution < 1.29 is 9.90 Å². The standard InChI is InChI=1S/C21H30N4O3/c1-23(2)15-21(28)10-6-13-24(14-11-21)19(26)9-5-12-25-16-22-18-8-4-3-7-17(18)20(25)27/h3-4,7-8,16,28H,5-6,9-15H2,1-2H3/t21-/m1/s1. The summed E-state index contributed by atoms with van der Waals surface area (Å²) in [7, 11) is 3.91. The van der Waals surface area contributed by atoms with E-state index < -0.39 is 5.60 Å². The Morgan fingerprint density at radius 3 is 2.82 bits per heavy atom. The van der Waals surface area contributed by atoms with Gasteiger partial charge < -0.3 is 14.9 Å². The monoisotopic (exact) mass is 386 g/mol. The van der Waals surface area contributed by atoms with E-state index in [9.17, 15) is 14.7 Å². The molecule has 1 saturated heterocycles. The Hall–Kier alpha value is -2.25. The molecule has 1 aliphatic rings. The van der Waals surface area contributed by atoms with Crippen LogP contribution in [0, 0.1) is 0 Å². The Balaban J connectivity index is 1.53. The van der Waals surface area contributed by atoms with E-state index >= 15 is 0 Å². The molecular formula is C21H30N4O3. The second-order valence-corrected chi connectivity index (χ2v) is 8.06. The number of aryl methyl sites for hydroxylation is 1. The fourth-order valence-corrected chi connectivity index (χ4v) is 4.00. The van der Waals surface area contributed by atoms with Crippen molar-refractivity contribution in [3.63, 3.8) is 0 Å². The minimum atomic E-state index is -0.720. The molecule has 0 aliphatic carbocycles. The summed E-state index contributed by atoms with van der Waals surface area (Å²) in [4.78, 5) is 33.3. The average molecular weight is 386 g/mol. The topological polar surface area (TPSA) is 78.7 Å². The number of aliphatic hydroxyl groups is 1. The predicted octanol–water partition coefficient (Wildman–Crippen LogP) is 1.48. The number of likely N-dealkylation sites (N-methyl/N-ethyl adjacent to an activating group) is 1. The number of amides is 1. The molecule has 1 aromatic heterocycles. The lowest BCUT2D eigenvalue weighted by molar-refractivity contribution is -0.131. The molecule has 1 atom stereocenters. The summed E-state index contributed by atoms with van der Waals surface area (Å²) in [5, 5.41) is 11.3. The lowest BCUT2D eigenvalue weighted by Gasteiger charge is -2.30. The minimum Gasteiger partial charge on any atom is -0.388 e. The van der Waals surface area contributed by atoms with Crippen molar-refractivity contribution in [1.29, 1.82) is 0 Å². The van der Waals surface area contributed by atoms with Gasteiger partial charge in [0.15, 0.2) is 0 Å². The molecule has 7 nitrogen and oxygen atoms in total. The molecule has 1 amide bonds. The zero-order chi connectivity index (χ0) is 20.1. The van der Waals surface area contributed by atoms with Crippen molar-refractivity contribution in [3.05, 3.63) is 40.9 Å². The molecule has 2 heterocycles. The molecule has 0 radical (unpaired) electrons. The van der Waals surface area contributed by atoms with Gasteiger partial charge in [-0.25, -0.2) is 4.98 Å². The third-order valence-electron chi connectivity index (χ3n) is 5.40. The maximum Gasteiger partial charge on any atom is 0.261 e. The summed E-state index contributed by atoms with van der Waals surface area (Å²) in [6.07, 6.45) is 4.67. The number of rotatable bonds is 6. The molecular weight excluding hydrogens is 356 g/mol. The molecule has 7 heteroatoms. The van der Waals surface area contributed by atoms with Gasteiger partial charge in [-0.2, -0.15) is 0 Å². The molecule has 152 valence electrons. The fourth-order valence-electron chi connectivity index (χ4n) is 4.00. The average Bonchev–Trinajstić information content (AvgIpc) is 2.84. The van der Waals surface area contributed by atoms with Gasteiger partial charge in [0.25, 0.3) is 5.56 Å². The van der Waals surface area contributed by atoms with E-state index in [0.717, 1.165) is 6.42 Å². The van der Waals surface area contributed by atoms with Gasteiger partial charge in [-0.05, 0) is 51.9 Å². The van der Waals surface area contributed by atoms with Crippen LogP contribution in [0.4, 0.5) is 0 Å². The Morgan fingerprint density at radius 2 is 2.04 bits per heavy atom. The number of carbonyl (C=O) groups is 1. The van der Waals surface area contributed by atoms with Gasteiger partial charge >= 0.3 is 0 Å². The van der Waals surface area contributed by atoms with Crippen molar-refractivity contribution in [1.82, 2.24) is 19.4 Å². The van der Waals surface area contributed by atoms with Gasteiger partial charge in [0.2, 0.25) is 5.91 Å². The molecule has 0 unspecified atom stereocenters. The predicted molar refractivity (Wildman–Crippen MR) is 109 cm³/mol. The third-order valence-corrected chi connectivity index (χ3v) is 5.40. The number of hydrogen-bond donors (Lipinski definition) is 1. The number of carbonyl (C=O) groups excluding carboxylic acids is 1. The summed E-state index contributed by atoms with van der Waals surface area (Å²) >= 11 is 0. The first-order chi connectivity index (χ1) is 13.4. The van der Waals surface area contributed by atoms with Crippen LogP contribution >= 0.6 is 0 Å². The number of benzene rings is 1. The van der Waals surface area contributed by atoms with Crippen LogP contribution in [-0.2, 0) is 11.3 Å². The zero-order valence-electron chi connectivity index (χ0n) is 16.8. The van der Waals surface area contributed by atoms with Gasteiger partial charge in [-0.3, -0.25) is 14.2 Å². The van der Waals surface area contributed by atoms with Crippen LogP contribution in [0.2, 0.25) is 0 Å². The SMILES string of the molecule is CN(C)C[C@@]1(O)CCCN(C(=O)CCCn2cnc3ccccc3c2=O)CC1. The zero-order valence-corrected chi connectivity index (χ0v) is 16.8. The van der Waals surface area contributed by atoms with Gasteiger partial charge in [0, 0.05) is 32.6 Å². The molecule has 0 spiro atoms. The Kier molecular flexibility index (Phi) is 6.46. The highest BCUT2D eigenvalue weighted by molar-refractivity contribution is 5.77. The van der Waals surface area contributed by atoms with E-state index in [-0.39, 0.29) is 11.5 Å². The normalized spacial score (nSPS) is 20.5. The first-order valence-corrected chi connectivity index (χ1v) is 9.97. The second kappa shape index (κ2) is 8.84. The summed E-state index contributed by atoms with van der Waals surface area (Å²) in [6, 6.07) is 7.29. The molecule has 0 saturated carbocycles. The molecule has 1 aromatic carbocycles. The van der Waals surface area contributed by atoms with Crippen molar-refractivity contribution in [2.45, 2.75) is 44.2 Å². The molecule has 0 bridgehead atoms. The number of nitrogens with zero attached hydrogens (tertiary/aromatic N) is 4. The van der Waals surface area contributed by atoms with Crippen LogP contribution in [-0.4, -0.2) is 69.7 Å². The molecule has 28 heavy (non-hydrogen) atoms. The van der Waals surface area contributed by atoms with Crippen LogP contribution in [0.25, 0.3) is 10.9 Å². The first kappa shape index (κ1) is 20.5. The van der Waals surface area contributed by atoms with Gasteiger partial charge in [-0.15, -0.1) is 0 Å². The molecule has 3 rings (SSSR count). The van der Waals surface area contributed by atoms with Crippen LogP contribution < -0.4 is 5.56 Å². The Morgan fingerprint density at radius 1 is 1.25 bits per heavy atom. The van der Waals surface area contributed by atoms with E-state index in [1.54, 1.807) is 17.0 Å². The van der Waals surface area contributed by atoms with E-state index in [4.69, 9.17) is 0 Å². The van der Waals surface area contributed by atoms with Gasteiger partial charge in [0.05, 0.1) is 22.8 Å². The number of para-hydroxylation sites is 1. The number of aromatic nitrogens is 2. The maximum absolute atomic E-state index is 12.6. The molecule has 1 N–H and O–H groups in total. The van der Waals surface area contributed by atoms with Crippen LogP contribution in [0.3, 0.4) is 0 Å². The number of likely N-dealkylation sites (tertiary alicyclic amines) is 1. The number of hydrogen-bond acceptors (Lipinski definition) is 5. The van der Waals surface area contributed by atoms with Gasteiger partial charge in [-0.1, -0.05) is 12.1 Å². The highest BCUT2D eigenvalue weighted by Gasteiger charge is 2.31. The fraction of sp³-hybridized carbons (Fsp3) is 0.571. The highest BCUT2D eigenvalue weighted by atomic mass is 16.3. The van der Waals surface area contributed by atoms with Crippen LogP contribution in [0.1, 0.15) is 32.1 Å². The lowest BCUT2D eigenvalue weighted by atomic mass is 9.94. The van der Waals surface area contributed by atoms with E-state index in [2.05, 4.69) is 4.98 Å². The summed E-state index contributed by atoms with van der Waals surface area (Å²) in [6.45, 7) is 2.36. The van der Waals surface area contributed by atoms with Crippen LogP contribution in [0.15, 0.2) is 35.4 Å². The van der Waals surface area contributed by atoms with Crippen LogP contribution in [0.5, 0.6) is 0 Å². The molecule has 2 aromatic rings. The smallest absolute Gasteiger partial charge is 0.261 e. The van der Waals surface area contributed by atoms with Crippen molar-refractivity contribution in [2.75, 3.05) is 33.7 Å². The quantitative estimate of drug-likeness (QED) is 0.814. The lowest BCUT2D eigenvalue weighted by Crippen LogP contribution is -2.41. The van der Waals surface area contributed by atoms with Gasteiger partial charge in [0.1, 0.15) is 0 Å². The summed E-state index contributed by atoms with van der Waals surface area (Å²) < 4.78 is 1.58. The van der Waals surface area contributed by atoms with Crippen molar-refractivity contribution in [3.8, 4) is 0 Å². The summed E-state index contributed by atoms with van der Waals surface area (Å²) in [5.74, 6) is 0.0934.